The Morgan fingerprint density at radius 1 is 1.32 bits per heavy atom. The van der Waals surface area contributed by atoms with Gasteiger partial charge in [0.05, 0.1) is 19.2 Å². The molecule has 2 rings (SSSR count). The fourth-order valence-corrected chi connectivity index (χ4v) is 1.87. The Hall–Kier alpha value is -2.31. The molecule has 19 heavy (non-hydrogen) atoms. The van der Waals surface area contributed by atoms with Gasteiger partial charge in [0.2, 0.25) is 0 Å². The van der Waals surface area contributed by atoms with E-state index in [1.165, 1.54) is 0 Å². The smallest absolute Gasteiger partial charge is 0.354 e. The summed E-state index contributed by atoms with van der Waals surface area (Å²) in [6.07, 6.45) is 0.383. The summed E-state index contributed by atoms with van der Waals surface area (Å²) in [6, 6.07) is 1.40. The van der Waals surface area contributed by atoms with Gasteiger partial charge in [-0.3, -0.25) is 0 Å². The molecular weight excluding hydrogens is 263 g/mol. The number of methoxy groups -OCH3 is 1. The van der Waals surface area contributed by atoms with Crippen molar-refractivity contribution < 1.29 is 27.5 Å². The molecule has 4 nitrogen and oxygen atoms in total. The lowest BCUT2D eigenvalue weighted by molar-refractivity contribution is -0.108. The number of carbonyl (C=O) groups excluding carboxylic acids is 2. The number of esters is 1. The number of carbonyl (C=O) groups is 2. The molecule has 0 amide bonds. The predicted molar refractivity (Wildman–Crippen MR) is 59.2 cm³/mol. The van der Waals surface area contributed by atoms with Crippen LogP contribution in [-0.4, -0.2) is 23.9 Å². The molecule has 0 radical (unpaired) electrons. The number of halogens is 3. The third kappa shape index (κ3) is 1.96. The molecule has 1 aromatic carbocycles. The maximum absolute atomic E-state index is 13.7. The van der Waals surface area contributed by atoms with E-state index in [1.807, 2.05) is 0 Å². The predicted octanol–water partition coefficient (Wildman–Crippen LogP) is 2.04. The fraction of sp³-hybridized carbons (Fsp3) is 0.167. The van der Waals surface area contributed by atoms with E-state index in [4.69, 9.17) is 0 Å². The van der Waals surface area contributed by atoms with E-state index >= 15 is 0 Å². The van der Waals surface area contributed by atoms with Crippen molar-refractivity contribution in [2.24, 2.45) is 0 Å². The second-order valence-electron chi connectivity index (χ2n) is 3.71. The highest BCUT2D eigenvalue weighted by Crippen LogP contribution is 2.27. The van der Waals surface area contributed by atoms with Gasteiger partial charge >= 0.3 is 5.97 Å². The average molecular weight is 271 g/mol. The molecule has 1 aromatic heterocycles. The zero-order chi connectivity index (χ0) is 14.2. The molecular formula is C12H8F3NO3. The maximum atomic E-state index is 13.7. The number of benzene rings is 1. The van der Waals surface area contributed by atoms with Crippen LogP contribution in [0.5, 0.6) is 0 Å². The van der Waals surface area contributed by atoms with E-state index < -0.39 is 35.5 Å². The zero-order valence-electron chi connectivity index (χ0n) is 9.75. The molecule has 0 fully saturated rings. The van der Waals surface area contributed by atoms with Gasteiger partial charge in [-0.1, -0.05) is 0 Å². The summed E-state index contributed by atoms with van der Waals surface area (Å²) in [5.74, 6) is -4.62. The van der Waals surface area contributed by atoms with Gasteiger partial charge in [-0.2, -0.15) is 0 Å². The summed E-state index contributed by atoms with van der Waals surface area (Å²) in [4.78, 5) is 22.1. The summed E-state index contributed by atoms with van der Waals surface area (Å²) in [5.41, 5.74) is -0.710. The van der Waals surface area contributed by atoms with Crippen molar-refractivity contribution in [2.45, 2.75) is 6.54 Å². The molecule has 0 aliphatic carbocycles. The normalized spacial score (nSPS) is 10.7. The van der Waals surface area contributed by atoms with Gasteiger partial charge in [0.1, 0.15) is 17.8 Å². The maximum Gasteiger partial charge on any atom is 0.354 e. The summed E-state index contributed by atoms with van der Waals surface area (Å²) >= 11 is 0. The largest absolute Gasteiger partial charge is 0.464 e. The third-order valence-corrected chi connectivity index (χ3v) is 2.68. The minimum absolute atomic E-state index is 0.229. The Morgan fingerprint density at radius 2 is 2.00 bits per heavy atom. The number of aromatic nitrogens is 1. The molecule has 2 aromatic rings. The van der Waals surface area contributed by atoms with Gasteiger partial charge < -0.3 is 14.1 Å². The van der Waals surface area contributed by atoms with Crippen molar-refractivity contribution in [2.75, 3.05) is 7.11 Å². The zero-order valence-corrected chi connectivity index (χ0v) is 9.75. The molecule has 1 heterocycles. The molecule has 0 unspecified atom stereocenters. The van der Waals surface area contributed by atoms with Gasteiger partial charge in [-0.05, 0) is 6.07 Å². The molecule has 0 N–H and O–H groups in total. The van der Waals surface area contributed by atoms with Gasteiger partial charge in [-0.15, -0.1) is 0 Å². The lowest BCUT2D eigenvalue weighted by atomic mass is 10.2. The molecule has 0 spiro atoms. The molecule has 0 aliphatic heterocycles. The first kappa shape index (κ1) is 13.1. The number of hydrogen-bond acceptors (Lipinski definition) is 3. The molecule has 0 saturated heterocycles. The topological polar surface area (TPSA) is 48.3 Å². The summed E-state index contributed by atoms with van der Waals surface area (Å²) in [5, 5.41) is -0.291. The van der Waals surface area contributed by atoms with Gasteiger partial charge in [0.25, 0.3) is 0 Å². The number of ether oxygens (including phenoxy) is 1. The highest BCUT2D eigenvalue weighted by atomic mass is 19.2. The molecule has 0 saturated carbocycles. The highest BCUT2D eigenvalue weighted by Gasteiger charge is 2.23. The van der Waals surface area contributed by atoms with Crippen molar-refractivity contribution in [3.63, 3.8) is 0 Å². The van der Waals surface area contributed by atoms with Crippen LogP contribution in [0.1, 0.15) is 10.5 Å². The molecule has 0 aliphatic rings. The van der Waals surface area contributed by atoms with Crippen LogP contribution in [0.25, 0.3) is 10.9 Å². The fourth-order valence-electron chi connectivity index (χ4n) is 1.87. The first-order valence-electron chi connectivity index (χ1n) is 5.20. The Labute approximate surface area is 105 Å². The SMILES string of the molecule is COC(=O)c1cc2c(F)cc(F)c(F)c2n1CC=O. The number of fused-ring (bicyclic) bond motifs is 1. The Kier molecular flexibility index (Phi) is 3.28. The third-order valence-electron chi connectivity index (χ3n) is 2.68. The summed E-state index contributed by atoms with van der Waals surface area (Å²) in [7, 11) is 1.08. The Morgan fingerprint density at radius 3 is 2.58 bits per heavy atom. The quantitative estimate of drug-likeness (QED) is 0.487. The van der Waals surface area contributed by atoms with Crippen LogP contribution in [-0.2, 0) is 16.1 Å². The van der Waals surface area contributed by atoms with Crippen LogP contribution >= 0.6 is 0 Å². The number of nitrogens with zero attached hydrogens (tertiary/aromatic N) is 1. The lowest BCUT2D eigenvalue weighted by Gasteiger charge is -2.06. The second-order valence-corrected chi connectivity index (χ2v) is 3.71. The van der Waals surface area contributed by atoms with Crippen molar-refractivity contribution in [3.8, 4) is 0 Å². The van der Waals surface area contributed by atoms with Gasteiger partial charge in [-0.25, -0.2) is 18.0 Å². The van der Waals surface area contributed by atoms with Crippen molar-refractivity contribution in [3.05, 3.63) is 35.3 Å². The van der Waals surface area contributed by atoms with Crippen molar-refractivity contribution in [1.82, 2.24) is 4.57 Å². The first-order valence-corrected chi connectivity index (χ1v) is 5.20. The van der Waals surface area contributed by atoms with E-state index in [0.29, 0.717) is 12.4 Å². The molecule has 0 atom stereocenters. The van der Waals surface area contributed by atoms with Crippen LogP contribution in [0.3, 0.4) is 0 Å². The van der Waals surface area contributed by atoms with Crippen molar-refractivity contribution in [1.29, 1.82) is 0 Å². The van der Waals surface area contributed by atoms with Crippen LogP contribution in [0.15, 0.2) is 12.1 Å². The summed E-state index contributed by atoms with van der Waals surface area (Å²) in [6.45, 7) is -0.423. The Balaban J connectivity index is 2.89. The summed E-state index contributed by atoms with van der Waals surface area (Å²) < 4.78 is 45.8. The standard InChI is InChI=1S/C12H8F3NO3/c1-19-12(18)9-4-6-7(13)5-8(14)10(15)11(6)16(9)2-3-17/h3-5H,2H2,1H3. The average Bonchev–Trinajstić information content (AvgIpc) is 2.76. The van der Waals surface area contributed by atoms with E-state index in [0.717, 1.165) is 17.7 Å². The number of aldehydes is 1. The van der Waals surface area contributed by atoms with Gasteiger partial charge in [0.15, 0.2) is 11.6 Å². The first-order chi connectivity index (χ1) is 9.01. The lowest BCUT2D eigenvalue weighted by Crippen LogP contribution is -2.12. The number of hydrogen-bond donors (Lipinski definition) is 0. The molecule has 0 bridgehead atoms. The number of rotatable bonds is 3. The van der Waals surface area contributed by atoms with Crippen LogP contribution in [0.4, 0.5) is 13.2 Å². The van der Waals surface area contributed by atoms with Gasteiger partial charge in [0, 0.05) is 11.5 Å². The molecule has 7 heteroatoms. The van der Waals surface area contributed by atoms with Crippen LogP contribution in [0, 0.1) is 17.5 Å². The minimum Gasteiger partial charge on any atom is -0.464 e. The van der Waals surface area contributed by atoms with E-state index in [-0.39, 0.29) is 11.1 Å². The van der Waals surface area contributed by atoms with Crippen LogP contribution < -0.4 is 0 Å². The Bertz CT molecular complexity index is 679. The monoisotopic (exact) mass is 271 g/mol. The highest BCUT2D eigenvalue weighted by molar-refractivity contribution is 5.96. The van der Waals surface area contributed by atoms with E-state index in [9.17, 15) is 22.8 Å². The van der Waals surface area contributed by atoms with Crippen LogP contribution in [0.2, 0.25) is 0 Å². The second kappa shape index (κ2) is 4.75. The van der Waals surface area contributed by atoms with E-state index in [2.05, 4.69) is 4.74 Å². The molecule has 100 valence electrons. The minimum atomic E-state index is -1.40. The van der Waals surface area contributed by atoms with E-state index in [1.54, 1.807) is 0 Å². The van der Waals surface area contributed by atoms with Crippen molar-refractivity contribution >= 4 is 23.2 Å².